The van der Waals surface area contributed by atoms with Crippen LogP contribution in [0.5, 0.6) is 5.75 Å². The van der Waals surface area contributed by atoms with Gasteiger partial charge in [0.1, 0.15) is 10.8 Å². The Labute approximate surface area is 161 Å². The van der Waals surface area contributed by atoms with E-state index in [4.69, 9.17) is 15.7 Å². The number of methoxy groups -OCH3 is 1. The van der Waals surface area contributed by atoms with Crippen LogP contribution in [0.15, 0.2) is 35.7 Å². The SMILES string of the molecule is COc1ccccc1CCn1c(-c2csc(CC#N)n2)cc(C(N)=O)c1C. The van der Waals surface area contributed by atoms with E-state index in [1.807, 2.05) is 36.6 Å². The van der Waals surface area contributed by atoms with Gasteiger partial charge in [0.25, 0.3) is 5.91 Å². The van der Waals surface area contributed by atoms with Crippen molar-refractivity contribution < 1.29 is 9.53 Å². The Morgan fingerprint density at radius 3 is 2.89 bits per heavy atom. The number of para-hydroxylation sites is 1. The van der Waals surface area contributed by atoms with Crippen molar-refractivity contribution in [1.82, 2.24) is 9.55 Å². The first kappa shape index (κ1) is 18.7. The molecule has 3 rings (SSSR count). The summed E-state index contributed by atoms with van der Waals surface area (Å²) in [6.07, 6.45) is 1.01. The topological polar surface area (TPSA) is 93.9 Å². The lowest BCUT2D eigenvalue weighted by atomic mass is 10.1. The number of rotatable bonds is 7. The number of nitrogens with zero attached hydrogens (tertiary/aromatic N) is 3. The van der Waals surface area contributed by atoms with Gasteiger partial charge in [-0.25, -0.2) is 4.98 Å². The molecule has 0 atom stereocenters. The minimum atomic E-state index is -0.461. The highest BCUT2D eigenvalue weighted by Gasteiger charge is 2.19. The molecule has 1 amide bonds. The average Bonchev–Trinajstić information content (AvgIpc) is 3.25. The zero-order valence-electron chi connectivity index (χ0n) is 15.2. The lowest BCUT2D eigenvalue weighted by Crippen LogP contribution is -2.13. The van der Waals surface area contributed by atoms with Crippen LogP contribution < -0.4 is 10.5 Å². The highest BCUT2D eigenvalue weighted by atomic mass is 32.1. The van der Waals surface area contributed by atoms with E-state index in [-0.39, 0.29) is 6.42 Å². The third-order valence-corrected chi connectivity index (χ3v) is 5.32. The van der Waals surface area contributed by atoms with E-state index in [0.717, 1.165) is 39.8 Å². The number of carbonyl (C=O) groups is 1. The number of ether oxygens (including phenoxy) is 1. The third kappa shape index (κ3) is 3.86. The predicted molar refractivity (Wildman–Crippen MR) is 105 cm³/mol. The molecule has 0 aliphatic carbocycles. The summed E-state index contributed by atoms with van der Waals surface area (Å²) < 4.78 is 7.48. The van der Waals surface area contributed by atoms with Gasteiger partial charge in [-0.05, 0) is 31.0 Å². The second-order valence-corrected chi connectivity index (χ2v) is 7.01. The summed E-state index contributed by atoms with van der Waals surface area (Å²) in [5.74, 6) is 0.376. The highest BCUT2D eigenvalue weighted by molar-refractivity contribution is 7.10. The minimum absolute atomic E-state index is 0.272. The maximum atomic E-state index is 11.8. The van der Waals surface area contributed by atoms with E-state index < -0.39 is 5.91 Å². The number of benzene rings is 1. The van der Waals surface area contributed by atoms with Crippen molar-refractivity contribution in [3.8, 4) is 23.2 Å². The average molecular weight is 380 g/mol. The number of nitrogens with two attached hydrogens (primary N) is 1. The molecule has 0 unspecified atom stereocenters. The summed E-state index contributed by atoms with van der Waals surface area (Å²) in [5, 5.41) is 11.5. The number of hydrogen-bond donors (Lipinski definition) is 1. The molecule has 0 fully saturated rings. The quantitative estimate of drug-likeness (QED) is 0.680. The maximum absolute atomic E-state index is 11.8. The molecule has 0 spiro atoms. The van der Waals surface area contributed by atoms with Gasteiger partial charge in [0.05, 0.1) is 36.6 Å². The van der Waals surface area contributed by atoms with Gasteiger partial charge in [-0.3, -0.25) is 4.79 Å². The second kappa shape index (κ2) is 8.06. The van der Waals surface area contributed by atoms with Crippen LogP contribution in [0.1, 0.15) is 26.6 Å². The zero-order chi connectivity index (χ0) is 19.4. The molecular weight excluding hydrogens is 360 g/mol. The molecular formula is C20H20N4O2S. The van der Waals surface area contributed by atoms with Crippen molar-refractivity contribution in [3.05, 3.63) is 57.5 Å². The van der Waals surface area contributed by atoms with E-state index in [1.165, 1.54) is 11.3 Å². The van der Waals surface area contributed by atoms with E-state index in [9.17, 15) is 4.79 Å². The Morgan fingerprint density at radius 1 is 1.41 bits per heavy atom. The van der Waals surface area contributed by atoms with Crippen molar-refractivity contribution in [2.75, 3.05) is 7.11 Å². The Balaban J connectivity index is 1.97. The van der Waals surface area contributed by atoms with Gasteiger partial charge in [-0.1, -0.05) is 18.2 Å². The summed E-state index contributed by atoms with van der Waals surface area (Å²) >= 11 is 1.44. The molecule has 0 radical (unpaired) electrons. The fourth-order valence-corrected chi connectivity index (χ4v) is 3.83. The first-order valence-corrected chi connectivity index (χ1v) is 9.36. The van der Waals surface area contributed by atoms with Crippen LogP contribution in [-0.2, 0) is 19.4 Å². The van der Waals surface area contributed by atoms with Crippen molar-refractivity contribution in [2.45, 2.75) is 26.3 Å². The highest BCUT2D eigenvalue weighted by Crippen LogP contribution is 2.28. The van der Waals surface area contributed by atoms with Crippen LogP contribution in [0.25, 0.3) is 11.4 Å². The summed E-state index contributed by atoms with van der Waals surface area (Å²) in [4.78, 5) is 16.4. The molecule has 1 aromatic carbocycles. The van der Waals surface area contributed by atoms with Gasteiger partial charge in [-0.15, -0.1) is 11.3 Å². The molecule has 0 saturated heterocycles. The number of aryl methyl sites for hydroxylation is 1. The number of aromatic nitrogens is 2. The standard InChI is InChI=1S/C20H20N4O2S/c1-13-15(20(22)25)11-17(16-12-27-19(23-16)7-9-21)24(13)10-8-14-5-3-4-6-18(14)26-2/h3-6,11-12H,7-8,10H2,1-2H3,(H2,22,25). The largest absolute Gasteiger partial charge is 0.496 e. The van der Waals surface area contributed by atoms with Crippen LogP contribution in [0.2, 0.25) is 0 Å². The Bertz CT molecular complexity index is 1010. The van der Waals surface area contributed by atoms with E-state index in [0.29, 0.717) is 12.1 Å². The summed E-state index contributed by atoms with van der Waals surface area (Å²) in [6.45, 7) is 2.54. The van der Waals surface area contributed by atoms with Gasteiger partial charge < -0.3 is 15.0 Å². The molecule has 6 nitrogen and oxygen atoms in total. The lowest BCUT2D eigenvalue weighted by Gasteiger charge is -2.13. The first-order valence-electron chi connectivity index (χ1n) is 8.48. The number of thiazole rings is 1. The van der Waals surface area contributed by atoms with Crippen molar-refractivity contribution in [3.63, 3.8) is 0 Å². The smallest absolute Gasteiger partial charge is 0.250 e. The number of carbonyl (C=O) groups excluding carboxylic acids is 1. The molecule has 0 aliphatic heterocycles. The summed E-state index contributed by atoms with van der Waals surface area (Å²) in [7, 11) is 1.66. The fraction of sp³-hybridized carbons (Fsp3) is 0.250. The van der Waals surface area contributed by atoms with E-state index in [1.54, 1.807) is 13.2 Å². The van der Waals surface area contributed by atoms with Gasteiger partial charge in [-0.2, -0.15) is 5.26 Å². The minimum Gasteiger partial charge on any atom is -0.496 e. The molecule has 3 aromatic rings. The number of hydrogen-bond acceptors (Lipinski definition) is 5. The predicted octanol–water partition coefficient (Wildman–Crippen LogP) is 3.34. The number of nitriles is 1. The summed E-state index contributed by atoms with van der Waals surface area (Å²) in [6, 6.07) is 11.8. The van der Waals surface area contributed by atoms with Crippen LogP contribution in [-0.4, -0.2) is 22.6 Å². The van der Waals surface area contributed by atoms with Crippen molar-refractivity contribution >= 4 is 17.2 Å². The third-order valence-electron chi connectivity index (χ3n) is 4.47. The lowest BCUT2D eigenvalue weighted by molar-refractivity contribution is 0.0999. The van der Waals surface area contributed by atoms with Crippen LogP contribution in [0.3, 0.4) is 0 Å². The van der Waals surface area contributed by atoms with Crippen molar-refractivity contribution in [1.29, 1.82) is 5.26 Å². The molecule has 7 heteroatoms. The molecule has 2 aromatic heterocycles. The molecule has 27 heavy (non-hydrogen) atoms. The fourth-order valence-electron chi connectivity index (χ4n) is 3.11. The molecule has 0 aliphatic rings. The number of primary amides is 1. The molecule has 0 saturated carbocycles. The molecule has 2 heterocycles. The van der Waals surface area contributed by atoms with Gasteiger partial charge in [0, 0.05) is 17.6 Å². The van der Waals surface area contributed by atoms with E-state index in [2.05, 4.69) is 15.6 Å². The van der Waals surface area contributed by atoms with E-state index >= 15 is 0 Å². The van der Waals surface area contributed by atoms with Crippen molar-refractivity contribution in [2.24, 2.45) is 5.73 Å². The van der Waals surface area contributed by atoms with Crippen LogP contribution >= 0.6 is 11.3 Å². The molecule has 2 N–H and O–H groups in total. The van der Waals surface area contributed by atoms with Gasteiger partial charge in [0.2, 0.25) is 0 Å². The zero-order valence-corrected chi connectivity index (χ0v) is 16.0. The normalized spacial score (nSPS) is 10.6. The Morgan fingerprint density at radius 2 is 2.19 bits per heavy atom. The Hall–Kier alpha value is -3.11. The maximum Gasteiger partial charge on any atom is 0.250 e. The molecule has 138 valence electrons. The monoisotopic (exact) mass is 380 g/mol. The Kier molecular flexibility index (Phi) is 5.57. The van der Waals surface area contributed by atoms with Gasteiger partial charge in [0.15, 0.2) is 0 Å². The van der Waals surface area contributed by atoms with Crippen LogP contribution in [0.4, 0.5) is 0 Å². The summed E-state index contributed by atoms with van der Waals surface area (Å²) in [5.41, 5.74) is 9.51. The number of amides is 1. The van der Waals surface area contributed by atoms with Gasteiger partial charge >= 0.3 is 0 Å². The molecule has 0 bridgehead atoms. The van der Waals surface area contributed by atoms with Crippen LogP contribution in [0, 0.1) is 18.3 Å². The first-order chi connectivity index (χ1) is 13.0. The second-order valence-electron chi connectivity index (χ2n) is 6.07.